The summed E-state index contributed by atoms with van der Waals surface area (Å²) in [5.74, 6) is 0.471. The summed E-state index contributed by atoms with van der Waals surface area (Å²) in [5.41, 5.74) is 2.68. The zero-order chi connectivity index (χ0) is 28.1. The van der Waals surface area contributed by atoms with Crippen molar-refractivity contribution in [2.75, 3.05) is 6.67 Å². The molecule has 3 heterocycles. The summed E-state index contributed by atoms with van der Waals surface area (Å²) in [6.45, 7) is 3.68. The topological polar surface area (TPSA) is 94.7 Å². The molecule has 0 aliphatic carbocycles. The lowest BCUT2D eigenvalue weighted by molar-refractivity contribution is 0.0644. The Morgan fingerprint density at radius 3 is 2.58 bits per heavy atom. The Kier molecular flexibility index (Phi) is 8.42. The molecule has 2 unspecified atom stereocenters. The van der Waals surface area contributed by atoms with E-state index in [9.17, 15) is 9.50 Å². The molecule has 2 aromatic carbocycles. The van der Waals surface area contributed by atoms with Crippen LogP contribution in [0.25, 0.3) is 0 Å². The van der Waals surface area contributed by atoms with Gasteiger partial charge in [0, 0.05) is 42.2 Å². The molecule has 1 N–H and O–H groups in total. The summed E-state index contributed by atoms with van der Waals surface area (Å²) in [4.78, 5) is 15.0. The number of halogens is 2. The molecular weight excluding hydrogens is 533 g/mol. The van der Waals surface area contributed by atoms with E-state index in [1.807, 2.05) is 48.5 Å². The van der Waals surface area contributed by atoms with Crippen molar-refractivity contribution in [3.63, 3.8) is 0 Å². The van der Waals surface area contributed by atoms with Crippen LogP contribution in [0, 0.1) is 0 Å². The second-order valence-corrected chi connectivity index (χ2v) is 10.6. The molecule has 0 amide bonds. The minimum atomic E-state index is -0.885. The van der Waals surface area contributed by atoms with E-state index in [0.29, 0.717) is 58.7 Å². The van der Waals surface area contributed by atoms with E-state index in [1.165, 1.54) is 0 Å². The molecule has 208 valence electrons. The Hall–Kier alpha value is -3.82. The molecular formula is C30H31ClFN5O3. The lowest BCUT2D eigenvalue weighted by Crippen LogP contribution is -2.23. The summed E-state index contributed by atoms with van der Waals surface area (Å²) >= 11 is 6.88. The molecule has 2 atom stereocenters. The Morgan fingerprint density at radius 2 is 1.85 bits per heavy atom. The number of rotatable bonds is 11. The number of ether oxygens (including phenoxy) is 1. The lowest BCUT2D eigenvalue weighted by atomic mass is 9.87. The smallest absolute Gasteiger partial charge is 0.171 e. The van der Waals surface area contributed by atoms with Gasteiger partial charge in [-0.05, 0) is 38.0 Å². The van der Waals surface area contributed by atoms with Gasteiger partial charge in [0.25, 0.3) is 0 Å². The molecule has 2 aromatic heterocycles. The van der Waals surface area contributed by atoms with Crippen molar-refractivity contribution >= 4 is 17.3 Å². The van der Waals surface area contributed by atoms with Crippen molar-refractivity contribution in [1.82, 2.24) is 19.7 Å². The van der Waals surface area contributed by atoms with Gasteiger partial charge in [0.2, 0.25) is 0 Å². The van der Waals surface area contributed by atoms with Gasteiger partial charge in [0.1, 0.15) is 29.8 Å². The average Bonchev–Trinajstić information content (AvgIpc) is 3.56. The van der Waals surface area contributed by atoms with E-state index in [-0.39, 0.29) is 6.42 Å². The van der Waals surface area contributed by atoms with Crippen LogP contribution < -0.4 is 4.74 Å². The molecule has 0 fully saturated rings. The largest absolute Gasteiger partial charge is 0.487 e. The minimum Gasteiger partial charge on any atom is -0.487 e. The highest BCUT2D eigenvalue weighted by Gasteiger charge is 2.42. The van der Waals surface area contributed by atoms with Crippen molar-refractivity contribution in [1.29, 1.82) is 0 Å². The van der Waals surface area contributed by atoms with Crippen LogP contribution in [0.2, 0.25) is 5.02 Å². The Morgan fingerprint density at radius 1 is 1.07 bits per heavy atom. The van der Waals surface area contributed by atoms with Gasteiger partial charge in [-0.15, -0.1) is 0 Å². The monoisotopic (exact) mass is 563 g/mol. The number of aliphatic hydroxyl groups is 1. The van der Waals surface area contributed by atoms with Crippen LogP contribution in [0.5, 0.6) is 5.75 Å². The van der Waals surface area contributed by atoms with Crippen molar-refractivity contribution < 1.29 is 19.1 Å². The summed E-state index contributed by atoms with van der Waals surface area (Å²) in [6, 6.07) is 17.1. The molecule has 0 radical (unpaired) electrons. The number of aryl methyl sites for hydroxylation is 1. The van der Waals surface area contributed by atoms with Crippen LogP contribution >= 0.6 is 11.6 Å². The van der Waals surface area contributed by atoms with Gasteiger partial charge in [0.15, 0.2) is 6.10 Å². The van der Waals surface area contributed by atoms with Crippen LogP contribution in [0.15, 0.2) is 78.3 Å². The molecule has 40 heavy (non-hydrogen) atoms. The first-order chi connectivity index (χ1) is 19.4. The van der Waals surface area contributed by atoms with Crippen LogP contribution in [-0.2, 0) is 24.4 Å². The number of alkyl halides is 1. The van der Waals surface area contributed by atoms with Crippen molar-refractivity contribution in [3.05, 3.63) is 106 Å². The Bertz CT molecular complexity index is 1460. The standard InChI is InChI=1S/C30H31ClFN5O3/c1-30(2,38)13-17-37-23(12-14-32)22(18-35-37)28-25(29-33-15-7-16-34-29)27(36-40-28)21-10-6-11-24(26(21)31)39-19-20-8-4-3-5-9-20/h3-11,15-16,18,25,28,38H,12-14,17,19H2,1-2H3. The zero-order valence-corrected chi connectivity index (χ0v) is 23.1. The molecule has 0 saturated heterocycles. The van der Waals surface area contributed by atoms with E-state index in [2.05, 4.69) is 20.2 Å². The maximum Gasteiger partial charge on any atom is 0.171 e. The van der Waals surface area contributed by atoms with Gasteiger partial charge in [-0.1, -0.05) is 59.2 Å². The third-order valence-electron chi connectivity index (χ3n) is 6.76. The molecule has 8 nitrogen and oxygen atoms in total. The molecule has 0 spiro atoms. The fourth-order valence-electron chi connectivity index (χ4n) is 4.71. The van der Waals surface area contributed by atoms with Crippen molar-refractivity contribution in [2.24, 2.45) is 5.16 Å². The van der Waals surface area contributed by atoms with Gasteiger partial charge >= 0.3 is 0 Å². The predicted octanol–water partition coefficient (Wildman–Crippen LogP) is 5.84. The van der Waals surface area contributed by atoms with E-state index >= 15 is 0 Å². The van der Waals surface area contributed by atoms with Gasteiger partial charge in [-0.2, -0.15) is 5.10 Å². The zero-order valence-electron chi connectivity index (χ0n) is 22.4. The molecule has 10 heteroatoms. The van der Waals surface area contributed by atoms with E-state index in [4.69, 9.17) is 21.2 Å². The molecule has 5 rings (SSSR count). The minimum absolute atomic E-state index is 0.141. The number of hydrogen-bond donors (Lipinski definition) is 1. The van der Waals surface area contributed by atoms with Crippen molar-refractivity contribution in [2.45, 2.75) is 57.5 Å². The first-order valence-corrected chi connectivity index (χ1v) is 13.5. The average molecular weight is 564 g/mol. The van der Waals surface area contributed by atoms with Crippen LogP contribution in [0.4, 0.5) is 4.39 Å². The highest BCUT2D eigenvalue weighted by atomic mass is 35.5. The highest BCUT2D eigenvalue weighted by Crippen LogP contribution is 2.44. The normalized spacial score (nSPS) is 17.0. The highest BCUT2D eigenvalue weighted by molar-refractivity contribution is 6.36. The number of benzene rings is 2. The third-order valence-corrected chi connectivity index (χ3v) is 7.15. The Labute approximate surface area is 237 Å². The Balaban J connectivity index is 1.49. The molecule has 1 aliphatic rings. The SMILES string of the molecule is CC(C)(O)CCn1ncc(C2ON=C(c3cccc(OCc4ccccc4)c3Cl)C2c2ncccn2)c1CCF. The second-order valence-electron chi connectivity index (χ2n) is 10.3. The predicted molar refractivity (Wildman–Crippen MR) is 150 cm³/mol. The number of aromatic nitrogens is 4. The van der Waals surface area contributed by atoms with E-state index in [0.717, 1.165) is 5.56 Å². The third kappa shape index (κ3) is 6.16. The van der Waals surface area contributed by atoms with Crippen LogP contribution in [-0.4, -0.2) is 42.8 Å². The van der Waals surface area contributed by atoms with Crippen molar-refractivity contribution in [3.8, 4) is 5.75 Å². The number of hydrogen-bond acceptors (Lipinski definition) is 7. The molecule has 1 aliphatic heterocycles. The van der Waals surface area contributed by atoms with Gasteiger partial charge in [-0.25, -0.2) is 9.97 Å². The second kappa shape index (κ2) is 12.1. The molecule has 4 aromatic rings. The van der Waals surface area contributed by atoms with Crippen LogP contribution in [0.3, 0.4) is 0 Å². The maximum atomic E-state index is 13.7. The van der Waals surface area contributed by atoms with Gasteiger partial charge in [-0.3, -0.25) is 9.07 Å². The summed E-state index contributed by atoms with van der Waals surface area (Å²) in [7, 11) is 0. The first kappa shape index (κ1) is 27.7. The molecule has 0 bridgehead atoms. The summed E-state index contributed by atoms with van der Waals surface area (Å²) in [6.07, 6.45) is 4.94. The fraction of sp³-hybridized carbons (Fsp3) is 0.333. The summed E-state index contributed by atoms with van der Waals surface area (Å²) < 4.78 is 21.5. The van der Waals surface area contributed by atoms with E-state index < -0.39 is 24.3 Å². The fourth-order valence-corrected chi connectivity index (χ4v) is 4.99. The van der Waals surface area contributed by atoms with E-state index in [1.54, 1.807) is 43.2 Å². The first-order valence-electron chi connectivity index (χ1n) is 13.1. The number of oxime groups is 1. The number of nitrogens with zero attached hydrogens (tertiary/aromatic N) is 5. The summed E-state index contributed by atoms with van der Waals surface area (Å²) in [5, 5.41) is 19.6. The van der Waals surface area contributed by atoms with Gasteiger partial charge < -0.3 is 14.7 Å². The quantitative estimate of drug-likeness (QED) is 0.246. The lowest BCUT2D eigenvalue weighted by Gasteiger charge is -2.20. The maximum absolute atomic E-state index is 13.7. The van der Waals surface area contributed by atoms with Gasteiger partial charge in [0.05, 0.1) is 23.5 Å². The molecule has 0 saturated carbocycles. The van der Waals surface area contributed by atoms with Crippen LogP contribution in [0.1, 0.15) is 60.5 Å².